The van der Waals surface area contributed by atoms with Gasteiger partial charge in [0.15, 0.2) is 0 Å². The van der Waals surface area contributed by atoms with Crippen molar-refractivity contribution in [3.05, 3.63) is 55.0 Å². The van der Waals surface area contributed by atoms with Gasteiger partial charge in [0.05, 0.1) is 11.8 Å². The lowest BCUT2D eigenvalue weighted by molar-refractivity contribution is 0.532. The van der Waals surface area contributed by atoms with E-state index in [9.17, 15) is 0 Å². The van der Waals surface area contributed by atoms with Gasteiger partial charge in [-0.05, 0) is 32.0 Å². The lowest BCUT2D eigenvalue weighted by Gasteiger charge is -2.05. The first-order valence-electron chi connectivity index (χ1n) is 7.91. The van der Waals surface area contributed by atoms with Crippen LogP contribution in [-0.2, 0) is 0 Å². The summed E-state index contributed by atoms with van der Waals surface area (Å²) in [5.74, 6) is 1.17. The molecule has 0 aliphatic rings. The van der Waals surface area contributed by atoms with E-state index in [2.05, 4.69) is 23.9 Å². The van der Waals surface area contributed by atoms with Crippen LogP contribution in [0.4, 0.5) is 5.82 Å². The molecule has 0 atom stereocenters. The quantitative estimate of drug-likeness (QED) is 0.510. The van der Waals surface area contributed by atoms with Crippen molar-refractivity contribution in [2.75, 3.05) is 5.73 Å². The highest BCUT2D eigenvalue weighted by atomic mass is 35.5. The molecule has 26 heavy (non-hydrogen) atoms. The Balaban J connectivity index is 0.00000121. The lowest BCUT2D eigenvalue weighted by atomic mass is 10.1. The molecule has 2 N–H and O–H groups in total. The molecule has 4 rings (SSSR count). The van der Waals surface area contributed by atoms with Crippen molar-refractivity contribution in [1.82, 2.24) is 14.8 Å². The summed E-state index contributed by atoms with van der Waals surface area (Å²) >= 11 is 0. The standard InChI is InChI=1S/C19H18N4O.2ClH/c1-12(2)23-11-15(10-22-23)14-7-16(19(20)21-9-14)18-8-13-5-3-4-6-17(13)24-18;;/h3-12H,1-2H3,(H2,20,21);2*1H. The van der Waals surface area contributed by atoms with E-state index < -0.39 is 0 Å². The number of hydrogen-bond acceptors (Lipinski definition) is 4. The summed E-state index contributed by atoms with van der Waals surface area (Å²) in [6.45, 7) is 4.19. The minimum atomic E-state index is 0. The summed E-state index contributed by atoms with van der Waals surface area (Å²) in [6.07, 6.45) is 5.62. The van der Waals surface area contributed by atoms with Gasteiger partial charge in [-0.15, -0.1) is 24.8 Å². The van der Waals surface area contributed by atoms with E-state index in [1.54, 1.807) is 6.20 Å². The van der Waals surface area contributed by atoms with Gasteiger partial charge in [-0.25, -0.2) is 4.98 Å². The number of furan rings is 1. The highest BCUT2D eigenvalue weighted by molar-refractivity contribution is 5.86. The molecule has 0 bridgehead atoms. The number of nitrogens with zero attached hydrogens (tertiary/aromatic N) is 3. The van der Waals surface area contributed by atoms with Gasteiger partial charge >= 0.3 is 0 Å². The number of anilines is 1. The van der Waals surface area contributed by atoms with E-state index in [1.165, 1.54) is 0 Å². The number of nitrogen functional groups attached to an aromatic ring is 1. The fourth-order valence-corrected chi connectivity index (χ4v) is 2.71. The number of rotatable bonds is 3. The average molecular weight is 391 g/mol. The van der Waals surface area contributed by atoms with Crippen LogP contribution in [0.1, 0.15) is 19.9 Å². The van der Waals surface area contributed by atoms with Gasteiger partial charge in [0, 0.05) is 34.9 Å². The highest BCUT2D eigenvalue weighted by Gasteiger charge is 2.13. The number of aromatic nitrogens is 3. The van der Waals surface area contributed by atoms with Crippen molar-refractivity contribution in [2.24, 2.45) is 0 Å². The molecule has 136 valence electrons. The van der Waals surface area contributed by atoms with Crippen molar-refractivity contribution in [3.8, 4) is 22.5 Å². The minimum Gasteiger partial charge on any atom is -0.456 e. The van der Waals surface area contributed by atoms with Gasteiger partial charge in [-0.3, -0.25) is 4.68 Å². The van der Waals surface area contributed by atoms with E-state index in [4.69, 9.17) is 10.2 Å². The van der Waals surface area contributed by atoms with E-state index in [1.807, 2.05) is 53.5 Å². The Labute approximate surface area is 164 Å². The largest absolute Gasteiger partial charge is 0.456 e. The van der Waals surface area contributed by atoms with Crippen LogP contribution < -0.4 is 5.73 Å². The molecule has 0 saturated carbocycles. The second-order valence-corrected chi connectivity index (χ2v) is 6.11. The van der Waals surface area contributed by atoms with Gasteiger partial charge in [0.25, 0.3) is 0 Å². The number of pyridine rings is 1. The first-order valence-corrected chi connectivity index (χ1v) is 7.91. The van der Waals surface area contributed by atoms with Gasteiger partial charge < -0.3 is 10.2 Å². The second-order valence-electron chi connectivity index (χ2n) is 6.11. The number of halogens is 2. The summed E-state index contributed by atoms with van der Waals surface area (Å²) in [6, 6.07) is 12.2. The van der Waals surface area contributed by atoms with Crippen LogP contribution in [0.3, 0.4) is 0 Å². The molecule has 1 aromatic carbocycles. The lowest BCUT2D eigenvalue weighted by Crippen LogP contribution is -1.99. The Morgan fingerprint density at radius 2 is 1.81 bits per heavy atom. The van der Waals surface area contributed by atoms with Crippen molar-refractivity contribution < 1.29 is 4.42 Å². The van der Waals surface area contributed by atoms with Gasteiger partial charge in [-0.1, -0.05) is 18.2 Å². The second kappa shape index (κ2) is 7.81. The normalized spacial score (nSPS) is 10.6. The Bertz CT molecular complexity index is 990. The molecular formula is C19H20Cl2N4O. The maximum atomic E-state index is 6.08. The smallest absolute Gasteiger partial charge is 0.139 e. The number of hydrogen-bond donors (Lipinski definition) is 1. The van der Waals surface area contributed by atoms with E-state index in [0.29, 0.717) is 11.9 Å². The SMILES string of the molecule is CC(C)n1cc(-c2cnc(N)c(-c3cc4ccccc4o3)c2)cn1.Cl.Cl. The van der Waals surface area contributed by atoms with E-state index >= 15 is 0 Å². The minimum absolute atomic E-state index is 0. The van der Waals surface area contributed by atoms with Gasteiger partial charge in [0.1, 0.15) is 17.2 Å². The zero-order valence-corrected chi connectivity index (χ0v) is 16.1. The molecular weight excluding hydrogens is 371 g/mol. The zero-order chi connectivity index (χ0) is 16.7. The molecule has 0 aliphatic heterocycles. The highest BCUT2D eigenvalue weighted by Crippen LogP contribution is 2.33. The topological polar surface area (TPSA) is 69.9 Å². The molecule has 0 fully saturated rings. The predicted octanol–water partition coefficient (Wildman–Crippen LogP) is 5.37. The van der Waals surface area contributed by atoms with Crippen LogP contribution in [0, 0.1) is 0 Å². The summed E-state index contributed by atoms with van der Waals surface area (Å²) in [7, 11) is 0. The fourth-order valence-electron chi connectivity index (χ4n) is 2.71. The molecule has 5 nitrogen and oxygen atoms in total. The molecule has 0 aliphatic carbocycles. The molecule has 4 aromatic rings. The number of benzene rings is 1. The van der Waals surface area contributed by atoms with Crippen molar-refractivity contribution >= 4 is 41.6 Å². The molecule has 3 heterocycles. The van der Waals surface area contributed by atoms with E-state index in [0.717, 1.165) is 33.4 Å². The van der Waals surface area contributed by atoms with Gasteiger partial charge in [0.2, 0.25) is 0 Å². The third-order valence-corrected chi connectivity index (χ3v) is 4.07. The van der Waals surface area contributed by atoms with Crippen LogP contribution in [0.2, 0.25) is 0 Å². The van der Waals surface area contributed by atoms with Crippen LogP contribution in [0.5, 0.6) is 0 Å². The summed E-state index contributed by atoms with van der Waals surface area (Å²) < 4.78 is 7.85. The maximum absolute atomic E-state index is 6.08. The third kappa shape index (κ3) is 3.54. The van der Waals surface area contributed by atoms with Crippen LogP contribution in [0.25, 0.3) is 33.4 Å². The Morgan fingerprint density at radius 1 is 1.04 bits per heavy atom. The fraction of sp³-hybridized carbons (Fsp3) is 0.158. The Hall–Kier alpha value is -2.50. The molecule has 3 aromatic heterocycles. The zero-order valence-electron chi connectivity index (χ0n) is 14.4. The summed E-state index contributed by atoms with van der Waals surface area (Å²) in [5.41, 5.74) is 9.69. The van der Waals surface area contributed by atoms with E-state index in [-0.39, 0.29) is 24.8 Å². The van der Waals surface area contributed by atoms with Gasteiger partial charge in [-0.2, -0.15) is 5.10 Å². The third-order valence-electron chi connectivity index (χ3n) is 4.07. The first kappa shape index (κ1) is 19.8. The first-order chi connectivity index (χ1) is 11.6. The van der Waals surface area contributed by atoms with Crippen LogP contribution >= 0.6 is 24.8 Å². The molecule has 7 heteroatoms. The molecule has 0 radical (unpaired) electrons. The number of fused-ring (bicyclic) bond motifs is 1. The summed E-state index contributed by atoms with van der Waals surface area (Å²) in [5, 5.41) is 5.43. The van der Waals surface area contributed by atoms with Crippen molar-refractivity contribution in [3.63, 3.8) is 0 Å². The molecule has 0 unspecified atom stereocenters. The molecule has 0 amide bonds. The molecule has 0 spiro atoms. The predicted molar refractivity (Wildman–Crippen MR) is 110 cm³/mol. The average Bonchev–Trinajstić information content (AvgIpc) is 3.22. The molecule has 0 saturated heterocycles. The van der Waals surface area contributed by atoms with Crippen LogP contribution in [-0.4, -0.2) is 14.8 Å². The van der Waals surface area contributed by atoms with Crippen LogP contribution in [0.15, 0.2) is 59.4 Å². The summed E-state index contributed by atoms with van der Waals surface area (Å²) in [4.78, 5) is 4.34. The van der Waals surface area contributed by atoms with Crippen molar-refractivity contribution in [1.29, 1.82) is 0 Å². The number of nitrogens with two attached hydrogens (primary N) is 1. The maximum Gasteiger partial charge on any atom is 0.139 e. The number of para-hydroxylation sites is 1. The Morgan fingerprint density at radius 3 is 2.50 bits per heavy atom. The Kier molecular flexibility index (Phi) is 5.95. The monoisotopic (exact) mass is 390 g/mol. The van der Waals surface area contributed by atoms with Crippen molar-refractivity contribution in [2.45, 2.75) is 19.9 Å².